The second-order valence-corrected chi connectivity index (χ2v) is 5.61. The van der Waals surface area contributed by atoms with Gasteiger partial charge in [-0.3, -0.25) is 0 Å². The van der Waals surface area contributed by atoms with Gasteiger partial charge in [-0.25, -0.2) is 0 Å². The number of carboxylic acid groups (broad SMARTS) is 1. The summed E-state index contributed by atoms with van der Waals surface area (Å²) in [4.78, 5) is 11.0. The second kappa shape index (κ2) is 4.58. The zero-order valence-electron chi connectivity index (χ0n) is 9.60. The van der Waals surface area contributed by atoms with Gasteiger partial charge < -0.3 is 14.5 Å². The summed E-state index contributed by atoms with van der Waals surface area (Å²) in [5.74, 6) is -1.56. The molecule has 1 atom stereocenters. The number of hydrogen-bond acceptors (Lipinski definition) is 4. The summed E-state index contributed by atoms with van der Waals surface area (Å²) in [6.07, 6.45) is 0.534. The molecule has 0 amide bonds. The number of aromatic nitrogens is 1. The number of carbonyl (C=O) groups excluding carboxylic acids is 1. The zero-order valence-corrected chi connectivity index (χ0v) is 11.2. The Hall–Kier alpha value is -1.20. The zero-order chi connectivity index (χ0) is 12.6. The van der Waals surface area contributed by atoms with Crippen molar-refractivity contribution >= 4 is 39.7 Å². The topological polar surface area (TPSA) is 45.1 Å². The van der Waals surface area contributed by atoms with Crippen LogP contribution >= 0.6 is 23.6 Å². The van der Waals surface area contributed by atoms with Crippen molar-refractivity contribution in [3.63, 3.8) is 0 Å². The van der Waals surface area contributed by atoms with Gasteiger partial charge in [-0.1, -0.05) is 13.0 Å². The lowest BCUT2D eigenvalue weighted by Crippen LogP contribution is -2.29. The number of fused-ring (bicyclic) bond motifs is 1. The number of carbonyl (C=O) groups is 1. The second-order valence-electron chi connectivity index (χ2n) is 3.93. The van der Waals surface area contributed by atoms with Gasteiger partial charge in [0.1, 0.15) is 0 Å². The van der Waals surface area contributed by atoms with Crippen molar-refractivity contribution in [1.29, 1.82) is 0 Å². The first-order chi connectivity index (χ1) is 8.04. The van der Waals surface area contributed by atoms with E-state index in [4.69, 9.17) is 12.2 Å². The fraction of sp³-hybridized carbons (Fsp3) is 0.333. The van der Waals surface area contributed by atoms with Gasteiger partial charge in [-0.15, -0.1) is 11.3 Å². The number of rotatable bonds is 3. The van der Waals surface area contributed by atoms with Gasteiger partial charge in [0.25, 0.3) is 0 Å². The lowest BCUT2D eigenvalue weighted by Gasteiger charge is -2.16. The molecule has 2 rings (SSSR count). The summed E-state index contributed by atoms with van der Waals surface area (Å²) < 4.78 is 3.74. The third-order valence-corrected chi connectivity index (χ3v) is 4.43. The van der Waals surface area contributed by atoms with Gasteiger partial charge in [-0.2, -0.15) is 0 Å². The minimum absolute atomic E-state index is 0.534. The van der Waals surface area contributed by atoms with Crippen molar-refractivity contribution < 1.29 is 9.90 Å². The van der Waals surface area contributed by atoms with E-state index in [1.165, 1.54) is 11.3 Å². The van der Waals surface area contributed by atoms with E-state index in [2.05, 4.69) is 0 Å². The van der Waals surface area contributed by atoms with Crippen LogP contribution in [-0.4, -0.2) is 10.5 Å². The van der Waals surface area contributed by atoms with Crippen molar-refractivity contribution in [2.75, 3.05) is 0 Å². The molecular formula is C12H12NO2S2-. The Kier molecular flexibility index (Phi) is 3.31. The smallest absolute Gasteiger partial charge is 0.161 e. The Morgan fingerprint density at radius 3 is 2.88 bits per heavy atom. The fourth-order valence-corrected chi connectivity index (χ4v) is 3.20. The monoisotopic (exact) mass is 266 g/mol. The number of hydrogen-bond donors (Lipinski definition) is 0. The molecule has 0 aliphatic carbocycles. The molecule has 0 aliphatic rings. The van der Waals surface area contributed by atoms with E-state index < -0.39 is 11.9 Å². The molecule has 1 unspecified atom stereocenters. The molecule has 1 heterocycles. The van der Waals surface area contributed by atoms with Crippen LogP contribution in [0.1, 0.15) is 24.8 Å². The number of carboxylic acids is 1. The Morgan fingerprint density at radius 2 is 2.29 bits per heavy atom. The Labute approximate surface area is 108 Å². The maximum Gasteiger partial charge on any atom is 0.161 e. The van der Waals surface area contributed by atoms with Crippen LogP contribution in [0.25, 0.3) is 10.2 Å². The molecule has 0 spiro atoms. The van der Waals surface area contributed by atoms with Crippen LogP contribution in [0, 0.1) is 3.95 Å². The molecular weight excluding hydrogens is 254 g/mol. The summed E-state index contributed by atoms with van der Waals surface area (Å²) >= 11 is 6.69. The SMILES string of the molecule is CCC(C(=O)[O-])c1ccc2c(c1)sc(=S)n2C. The molecule has 1 aromatic heterocycles. The highest BCUT2D eigenvalue weighted by Crippen LogP contribution is 2.27. The standard InChI is InChI=1S/C12H13NO2S2/c1-3-8(11(14)15)7-4-5-9-10(6-7)17-12(16)13(9)2/h4-6,8H,3H2,1-2H3,(H,14,15)/p-1. The third kappa shape index (κ3) is 2.12. The van der Waals surface area contributed by atoms with Crippen LogP contribution in [0.4, 0.5) is 0 Å². The van der Waals surface area contributed by atoms with Crippen LogP contribution in [0.3, 0.4) is 0 Å². The lowest BCUT2D eigenvalue weighted by atomic mass is 9.97. The molecule has 90 valence electrons. The van der Waals surface area contributed by atoms with Gasteiger partial charge in [0.05, 0.1) is 10.2 Å². The summed E-state index contributed by atoms with van der Waals surface area (Å²) in [5.41, 5.74) is 1.83. The highest BCUT2D eigenvalue weighted by atomic mass is 32.1. The van der Waals surface area contributed by atoms with Crippen LogP contribution in [0.15, 0.2) is 18.2 Å². The summed E-state index contributed by atoms with van der Waals surface area (Å²) in [7, 11) is 1.91. The van der Waals surface area contributed by atoms with E-state index in [1.54, 1.807) is 0 Å². The van der Waals surface area contributed by atoms with Crippen molar-refractivity contribution in [1.82, 2.24) is 4.57 Å². The molecule has 0 aliphatic heterocycles. The number of thiazole rings is 1. The quantitative estimate of drug-likeness (QED) is 0.800. The van der Waals surface area contributed by atoms with E-state index >= 15 is 0 Å². The Morgan fingerprint density at radius 1 is 1.59 bits per heavy atom. The number of benzene rings is 1. The normalized spacial score (nSPS) is 12.8. The number of nitrogens with zero attached hydrogens (tertiary/aromatic N) is 1. The summed E-state index contributed by atoms with van der Waals surface area (Å²) in [5, 5.41) is 11.0. The molecule has 0 saturated heterocycles. The summed E-state index contributed by atoms with van der Waals surface area (Å²) in [6, 6.07) is 5.66. The predicted molar refractivity (Wildman–Crippen MR) is 69.7 cm³/mol. The molecule has 1 aromatic carbocycles. The van der Waals surface area contributed by atoms with Crippen LogP contribution in [-0.2, 0) is 11.8 Å². The first kappa shape index (κ1) is 12.3. The predicted octanol–water partition coefficient (Wildman–Crippen LogP) is 2.21. The molecule has 5 heteroatoms. The van der Waals surface area contributed by atoms with E-state index in [1.807, 2.05) is 36.7 Å². The molecule has 3 nitrogen and oxygen atoms in total. The first-order valence-electron chi connectivity index (χ1n) is 5.35. The van der Waals surface area contributed by atoms with Crippen LogP contribution < -0.4 is 5.11 Å². The number of aliphatic carboxylic acids is 1. The van der Waals surface area contributed by atoms with Gasteiger partial charge in [0.15, 0.2) is 3.95 Å². The van der Waals surface area contributed by atoms with Crippen LogP contribution in [0.5, 0.6) is 0 Å². The van der Waals surface area contributed by atoms with E-state index in [0.29, 0.717) is 6.42 Å². The minimum Gasteiger partial charge on any atom is -0.549 e. The summed E-state index contributed by atoms with van der Waals surface area (Å²) in [6.45, 7) is 1.84. The molecule has 0 bridgehead atoms. The average Bonchev–Trinajstić information content (AvgIpc) is 2.55. The Balaban J connectivity index is 2.58. The molecule has 0 N–H and O–H groups in total. The molecule has 0 saturated carbocycles. The maximum atomic E-state index is 11.0. The van der Waals surface area contributed by atoms with Gasteiger partial charge >= 0.3 is 0 Å². The van der Waals surface area contributed by atoms with Gasteiger partial charge in [0, 0.05) is 18.9 Å². The largest absolute Gasteiger partial charge is 0.549 e. The van der Waals surface area contributed by atoms with Crippen molar-refractivity contribution in [3.05, 3.63) is 27.7 Å². The lowest BCUT2D eigenvalue weighted by molar-refractivity contribution is -0.308. The molecule has 0 radical (unpaired) electrons. The van der Waals surface area contributed by atoms with Crippen molar-refractivity contribution in [2.45, 2.75) is 19.3 Å². The van der Waals surface area contributed by atoms with Gasteiger partial charge in [-0.05, 0) is 36.3 Å². The molecule has 17 heavy (non-hydrogen) atoms. The van der Waals surface area contributed by atoms with Crippen molar-refractivity contribution in [3.8, 4) is 0 Å². The van der Waals surface area contributed by atoms with E-state index in [0.717, 1.165) is 19.7 Å². The number of aryl methyl sites for hydroxylation is 1. The average molecular weight is 266 g/mol. The van der Waals surface area contributed by atoms with Crippen LogP contribution in [0.2, 0.25) is 0 Å². The third-order valence-electron chi connectivity index (χ3n) is 2.91. The maximum absolute atomic E-state index is 11.0. The van der Waals surface area contributed by atoms with Gasteiger partial charge in [0.2, 0.25) is 0 Å². The molecule has 2 aromatic rings. The first-order valence-corrected chi connectivity index (χ1v) is 6.57. The minimum atomic E-state index is -1.02. The van der Waals surface area contributed by atoms with E-state index in [9.17, 15) is 9.90 Å². The van der Waals surface area contributed by atoms with Crippen molar-refractivity contribution in [2.24, 2.45) is 7.05 Å². The highest BCUT2D eigenvalue weighted by molar-refractivity contribution is 7.73. The van der Waals surface area contributed by atoms with E-state index in [-0.39, 0.29) is 0 Å². The highest BCUT2D eigenvalue weighted by Gasteiger charge is 2.12. The fourth-order valence-electron chi connectivity index (χ4n) is 1.91. The Bertz CT molecular complexity index is 627. The molecule has 0 fully saturated rings.